The van der Waals surface area contributed by atoms with Crippen LogP contribution in [0.4, 0.5) is 0 Å². The summed E-state index contributed by atoms with van der Waals surface area (Å²) < 4.78 is 0. The summed E-state index contributed by atoms with van der Waals surface area (Å²) in [6.45, 7) is 3.29. The van der Waals surface area contributed by atoms with E-state index in [-0.39, 0.29) is 12.2 Å². The lowest BCUT2D eigenvalue weighted by Gasteiger charge is -2.04. The van der Waals surface area contributed by atoms with Gasteiger partial charge in [-0.25, -0.2) is 0 Å². The molecule has 0 aromatic rings. The summed E-state index contributed by atoms with van der Waals surface area (Å²) in [5.74, 6) is -1.03. The molecule has 1 N–H and O–H groups in total. The van der Waals surface area contributed by atoms with E-state index in [0.717, 1.165) is 0 Å². The largest absolute Gasteiger partial charge is 0.481 e. The van der Waals surface area contributed by atoms with Crippen molar-refractivity contribution in [3.63, 3.8) is 0 Å². The third-order valence-electron chi connectivity index (χ3n) is 2.05. The van der Waals surface area contributed by atoms with Gasteiger partial charge in [0.2, 0.25) is 0 Å². The quantitative estimate of drug-likeness (QED) is 0.614. The van der Waals surface area contributed by atoms with Crippen molar-refractivity contribution in [3.05, 3.63) is 12.7 Å². The molecular weight excluding hydrogens is 144 g/mol. The zero-order valence-electron chi connectivity index (χ0n) is 6.17. The number of hydrogen-bond donors (Lipinski definition) is 1. The van der Waals surface area contributed by atoms with Crippen LogP contribution in [0.15, 0.2) is 12.7 Å². The first-order chi connectivity index (χ1) is 5.10. The number of allylic oxidation sites excluding steroid dienone is 1. The van der Waals surface area contributed by atoms with Crippen molar-refractivity contribution in [2.24, 2.45) is 5.41 Å². The topological polar surface area (TPSA) is 54.4 Å². The molecule has 0 unspecified atom stereocenters. The number of carbonyl (C=O) groups is 2. The van der Waals surface area contributed by atoms with Gasteiger partial charge in [0.05, 0.1) is 5.41 Å². The van der Waals surface area contributed by atoms with Crippen molar-refractivity contribution >= 4 is 11.8 Å². The Morgan fingerprint density at radius 3 is 2.36 bits per heavy atom. The second-order valence-corrected chi connectivity index (χ2v) is 2.93. The van der Waals surface area contributed by atoms with Gasteiger partial charge in [0.25, 0.3) is 0 Å². The van der Waals surface area contributed by atoms with E-state index in [9.17, 15) is 9.59 Å². The van der Waals surface area contributed by atoms with E-state index >= 15 is 0 Å². The van der Waals surface area contributed by atoms with Gasteiger partial charge in [-0.1, -0.05) is 6.58 Å². The summed E-state index contributed by atoms with van der Waals surface area (Å²) in [6.07, 6.45) is 2.55. The van der Waals surface area contributed by atoms with E-state index in [2.05, 4.69) is 6.58 Å². The first-order valence-corrected chi connectivity index (χ1v) is 3.49. The Morgan fingerprint density at radius 1 is 1.55 bits per heavy atom. The van der Waals surface area contributed by atoms with Crippen LogP contribution in [0.1, 0.15) is 19.3 Å². The Labute approximate surface area is 64.7 Å². The van der Waals surface area contributed by atoms with Gasteiger partial charge in [-0.15, -0.1) is 0 Å². The maximum absolute atomic E-state index is 10.8. The molecule has 3 heteroatoms. The highest BCUT2D eigenvalue weighted by Crippen LogP contribution is 2.49. The molecule has 1 rings (SSSR count). The number of carbonyl (C=O) groups excluding carboxylic acids is 1. The highest BCUT2D eigenvalue weighted by Gasteiger charge is 2.50. The molecule has 1 saturated carbocycles. The van der Waals surface area contributed by atoms with Gasteiger partial charge < -0.3 is 5.11 Å². The molecule has 1 aliphatic rings. The summed E-state index contributed by atoms with van der Waals surface area (Å²) in [4.78, 5) is 21.3. The zero-order chi connectivity index (χ0) is 8.48. The fourth-order valence-corrected chi connectivity index (χ4v) is 1.02. The smallest absolute Gasteiger partial charge is 0.310 e. The van der Waals surface area contributed by atoms with Crippen molar-refractivity contribution in [1.82, 2.24) is 0 Å². The first kappa shape index (κ1) is 7.98. The lowest BCUT2D eigenvalue weighted by Crippen LogP contribution is -2.17. The molecule has 0 aliphatic heterocycles. The highest BCUT2D eigenvalue weighted by molar-refractivity contribution is 5.94. The molecule has 0 bridgehead atoms. The lowest BCUT2D eigenvalue weighted by atomic mass is 10.00. The highest BCUT2D eigenvalue weighted by atomic mass is 16.4. The van der Waals surface area contributed by atoms with E-state index in [4.69, 9.17) is 5.11 Å². The van der Waals surface area contributed by atoms with Gasteiger partial charge in [-0.2, -0.15) is 0 Å². The second-order valence-electron chi connectivity index (χ2n) is 2.93. The van der Waals surface area contributed by atoms with Gasteiger partial charge >= 0.3 is 5.97 Å². The van der Waals surface area contributed by atoms with Crippen molar-refractivity contribution in [3.8, 4) is 0 Å². The van der Waals surface area contributed by atoms with E-state index < -0.39 is 11.4 Å². The van der Waals surface area contributed by atoms with E-state index in [1.807, 2.05) is 0 Å². The van der Waals surface area contributed by atoms with E-state index in [1.54, 1.807) is 0 Å². The van der Waals surface area contributed by atoms with Crippen LogP contribution < -0.4 is 0 Å². The SMILES string of the molecule is C=CC(=O)CC1(C(=O)O)CC1. The molecule has 0 heterocycles. The monoisotopic (exact) mass is 154 g/mol. The molecule has 3 nitrogen and oxygen atoms in total. The first-order valence-electron chi connectivity index (χ1n) is 3.49. The minimum absolute atomic E-state index is 0.117. The molecule has 0 saturated heterocycles. The van der Waals surface area contributed by atoms with Crippen LogP contribution in [0.5, 0.6) is 0 Å². The van der Waals surface area contributed by atoms with Crippen molar-refractivity contribution < 1.29 is 14.7 Å². The molecule has 0 amide bonds. The van der Waals surface area contributed by atoms with Gasteiger partial charge in [-0.3, -0.25) is 9.59 Å². The molecule has 0 aromatic heterocycles. The molecule has 1 aliphatic carbocycles. The number of carboxylic acids is 1. The molecule has 1 fully saturated rings. The van der Waals surface area contributed by atoms with Crippen LogP contribution in [-0.2, 0) is 9.59 Å². The van der Waals surface area contributed by atoms with E-state index in [1.165, 1.54) is 6.08 Å². The van der Waals surface area contributed by atoms with Crippen LogP contribution in [0.25, 0.3) is 0 Å². The number of aliphatic carboxylic acids is 1. The molecule has 60 valence electrons. The Bertz CT molecular complexity index is 213. The standard InChI is InChI=1S/C8H10O3/c1-2-6(9)5-8(3-4-8)7(10)11/h2H,1,3-5H2,(H,10,11). The van der Waals surface area contributed by atoms with Crippen molar-refractivity contribution in [2.45, 2.75) is 19.3 Å². The van der Waals surface area contributed by atoms with Crippen LogP contribution >= 0.6 is 0 Å². The average molecular weight is 154 g/mol. The number of ketones is 1. The Balaban J connectivity index is 2.54. The van der Waals surface area contributed by atoms with Crippen molar-refractivity contribution in [2.75, 3.05) is 0 Å². The Morgan fingerprint density at radius 2 is 2.09 bits per heavy atom. The predicted octanol–water partition coefficient (Wildman–Crippen LogP) is 0.996. The summed E-state index contributed by atoms with van der Waals surface area (Å²) in [6, 6.07) is 0. The summed E-state index contributed by atoms with van der Waals surface area (Å²) >= 11 is 0. The number of hydrogen-bond acceptors (Lipinski definition) is 2. The Kier molecular flexibility index (Phi) is 1.81. The number of rotatable bonds is 4. The van der Waals surface area contributed by atoms with Crippen molar-refractivity contribution in [1.29, 1.82) is 0 Å². The fourth-order valence-electron chi connectivity index (χ4n) is 1.02. The maximum atomic E-state index is 10.8. The molecule has 0 radical (unpaired) electrons. The van der Waals surface area contributed by atoms with Crippen LogP contribution in [-0.4, -0.2) is 16.9 Å². The maximum Gasteiger partial charge on any atom is 0.310 e. The lowest BCUT2D eigenvalue weighted by molar-refractivity contribution is -0.145. The van der Waals surface area contributed by atoms with Gasteiger partial charge in [0, 0.05) is 6.42 Å². The minimum Gasteiger partial charge on any atom is -0.481 e. The molecule has 0 spiro atoms. The molecule has 11 heavy (non-hydrogen) atoms. The van der Waals surface area contributed by atoms with E-state index in [0.29, 0.717) is 12.8 Å². The van der Waals surface area contributed by atoms with Gasteiger partial charge in [0.1, 0.15) is 0 Å². The third-order valence-corrected chi connectivity index (χ3v) is 2.05. The fraction of sp³-hybridized carbons (Fsp3) is 0.500. The summed E-state index contributed by atoms with van der Waals surface area (Å²) in [5, 5.41) is 8.66. The summed E-state index contributed by atoms with van der Waals surface area (Å²) in [7, 11) is 0. The molecule has 0 atom stereocenters. The average Bonchev–Trinajstić information content (AvgIpc) is 2.69. The van der Waals surface area contributed by atoms with Gasteiger partial charge in [-0.05, 0) is 18.9 Å². The van der Waals surface area contributed by atoms with Crippen LogP contribution in [0, 0.1) is 5.41 Å². The van der Waals surface area contributed by atoms with Gasteiger partial charge in [0.15, 0.2) is 5.78 Å². The van der Waals surface area contributed by atoms with Crippen LogP contribution in [0.2, 0.25) is 0 Å². The molecular formula is C8H10O3. The minimum atomic E-state index is -0.854. The zero-order valence-corrected chi connectivity index (χ0v) is 6.17. The third kappa shape index (κ3) is 1.48. The molecule has 0 aromatic carbocycles. The normalized spacial score (nSPS) is 18.9. The predicted molar refractivity (Wildman–Crippen MR) is 39.1 cm³/mol. The number of carboxylic acid groups (broad SMARTS) is 1. The summed E-state index contributed by atoms with van der Waals surface area (Å²) in [5.41, 5.74) is -0.731. The van der Waals surface area contributed by atoms with Crippen LogP contribution in [0.3, 0.4) is 0 Å². The second kappa shape index (κ2) is 2.49. The Hall–Kier alpha value is -1.12.